The van der Waals surface area contributed by atoms with Crippen molar-refractivity contribution in [2.45, 2.75) is 57.5 Å². The highest BCUT2D eigenvalue weighted by molar-refractivity contribution is 5.61. The van der Waals surface area contributed by atoms with Crippen molar-refractivity contribution >= 4 is 0 Å². The molecule has 0 radical (unpaired) electrons. The molecule has 2 aromatic heterocycles. The molecule has 0 amide bonds. The Morgan fingerprint density at radius 2 is 1.82 bits per heavy atom. The van der Waals surface area contributed by atoms with E-state index in [1.54, 1.807) is 6.20 Å². The van der Waals surface area contributed by atoms with Gasteiger partial charge >= 0.3 is 12.4 Å². The first-order chi connectivity index (χ1) is 18.4. The lowest BCUT2D eigenvalue weighted by molar-refractivity contribution is -0.138. The summed E-state index contributed by atoms with van der Waals surface area (Å²) in [6, 6.07) is 8.91. The van der Waals surface area contributed by atoms with Crippen molar-refractivity contribution in [3.63, 3.8) is 0 Å². The summed E-state index contributed by atoms with van der Waals surface area (Å²) in [7, 11) is 0. The van der Waals surface area contributed by atoms with Crippen molar-refractivity contribution in [2.24, 2.45) is 0 Å². The molecular weight excluding hydrogens is 524 g/mol. The summed E-state index contributed by atoms with van der Waals surface area (Å²) in [5.41, 5.74) is 0.202. The Hall–Kier alpha value is -3.67. The fourth-order valence-electron chi connectivity index (χ4n) is 4.99. The highest BCUT2D eigenvalue weighted by Gasteiger charge is 2.33. The molecule has 39 heavy (non-hydrogen) atoms. The summed E-state index contributed by atoms with van der Waals surface area (Å²) in [5, 5.41) is 3.96. The molecule has 0 aliphatic carbocycles. The third kappa shape index (κ3) is 5.85. The lowest BCUT2D eigenvalue weighted by Crippen LogP contribution is -2.40. The molecule has 2 aromatic carbocycles. The van der Waals surface area contributed by atoms with Gasteiger partial charge in [0.15, 0.2) is 5.82 Å². The van der Waals surface area contributed by atoms with E-state index in [1.165, 1.54) is 31.2 Å². The number of hydrogen-bond acceptors (Lipinski definition) is 5. The Balaban J connectivity index is 1.22. The van der Waals surface area contributed by atoms with Crippen LogP contribution in [0.4, 0.5) is 26.3 Å². The van der Waals surface area contributed by atoms with E-state index >= 15 is 0 Å². The number of aromatic nitrogens is 4. The van der Waals surface area contributed by atoms with Gasteiger partial charge in [0.05, 0.1) is 29.6 Å². The van der Waals surface area contributed by atoms with Crippen LogP contribution in [0.3, 0.4) is 0 Å². The molecule has 0 unspecified atom stereocenters. The maximum atomic E-state index is 13.1. The van der Waals surface area contributed by atoms with Crippen LogP contribution in [0, 0.1) is 6.92 Å². The molecule has 3 heterocycles. The zero-order valence-electron chi connectivity index (χ0n) is 21.1. The topological polar surface area (TPSA) is 70.8 Å². The van der Waals surface area contributed by atoms with E-state index in [0.717, 1.165) is 36.9 Å². The molecule has 5 rings (SSSR count). The second-order valence-corrected chi connectivity index (χ2v) is 9.84. The predicted octanol–water partition coefficient (Wildman–Crippen LogP) is 7.24. The third-order valence-electron chi connectivity index (χ3n) is 7.09. The first kappa shape index (κ1) is 26.9. The van der Waals surface area contributed by atoms with Crippen LogP contribution in [0.2, 0.25) is 0 Å². The molecule has 0 bridgehead atoms. The van der Waals surface area contributed by atoms with Gasteiger partial charge in [-0.05, 0) is 74.7 Å². The van der Waals surface area contributed by atoms with Crippen molar-refractivity contribution in [3.8, 4) is 22.7 Å². The summed E-state index contributed by atoms with van der Waals surface area (Å²) in [6.45, 7) is 4.58. The number of piperidine rings is 1. The Labute approximate surface area is 220 Å². The largest absolute Gasteiger partial charge is 0.416 e. The van der Waals surface area contributed by atoms with Crippen molar-refractivity contribution in [1.82, 2.24) is 25.0 Å². The first-order valence-corrected chi connectivity index (χ1v) is 12.4. The van der Waals surface area contributed by atoms with Gasteiger partial charge in [0.25, 0.3) is 5.89 Å². The van der Waals surface area contributed by atoms with Crippen molar-refractivity contribution < 1.29 is 30.9 Å². The van der Waals surface area contributed by atoms with E-state index < -0.39 is 23.5 Å². The number of nitrogens with zero attached hydrogens (tertiary/aromatic N) is 4. The minimum atomic E-state index is -4.47. The standard InChI is InChI=1S/C27H25F6N5O/c1-15-10-17(6-7-21(15)27(31,32)33)22-13-34-24(35-22)18-8-9-38(16(2)11-18)14-23-36-25(39-37-23)19-4-3-5-20(12-19)26(28,29)30/h3-7,10,12-13,16,18H,8-9,11,14H2,1-2H3,(H,34,35)/t16-,18-/m1/s1. The number of H-pyrrole nitrogens is 1. The Morgan fingerprint density at radius 3 is 2.51 bits per heavy atom. The quantitative estimate of drug-likeness (QED) is 0.266. The van der Waals surface area contributed by atoms with E-state index in [4.69, 9.17) is 4.52 Å². The third-order valence-corrected chi connectivity index (χ3v) is 7.09. The summed E-state index contributed by atoms with van der Waals surface area (Å²) in [6.07, 6.45) is -5.67. The van der Waals surface area contributed by atoms with Gasteiger partial charge in [-0.2, -0.15) is 31.3 Å². The van der Waals surface area contributed by atoms with Crippen LogP contribution in [0.15, 0.2) is 53.2 Å². The minimum absolute atomic E-state index is 0.0280. The number of rotatable bonds is 5. The number of imidazole rings is 1. The lowest BCUT2D eigenvalue weighted by atomic mass is 9.91. The summed E-state index contributed by atoms with van der Waals surface area (Å²) in [4.78, 5) is 14.2. The number of aryl methyl sites for hydroxylation is 1. The lowest BCUT2D eigenvalue weighted by Gasteiger charge is -2.36. The fourth-order valence-corrected chi connectivity index (χ4v) is 4.99. The molecule has 206 valence electrons. The van der Waals surface area contributed by atoms with E-state index in [2.05, 4.69) is 31.9 Å². The number of nitrogens with one attached hydrogen (secondary N) is 1. The van der Waals surface area contributed by atoms with E-state index in [-0.39, 0.29) is 29.0 Å². The van der Waals surface area contributed by atoms with Crippen LogP contribution >= 0.6 is 0 Å². The molecule has 0 saturated carbocycles. The minimum Gasteiger partial charge on any atom is -0.342 e. The highest BCUT2D eigenvalue weighted by atomic mass is 19.4. The molecule has 1 aliphatic rings. The number of aromatic amines is 1. The SMILES string of the molecule is Cc1cc(-c2cnc([C@@H]3CCN(Cc4noc(-c5cccc(C(F)(F)F)c5)n4)[C@H](C)C3)[nH]2)ccc1C(F)(F)F. The molecular formula is C27H25F6N5O. The van der Waals surface area contributed by atoms with Gasteiger partial charge in [-0.15, -0.1) is 0 Å². The molecule has 1 fully saturated rings. The maximum Gasteiger partial charge on any atom is 0.416 e. The van der Waals surface area contributed by atoms with E-state index in [1.807, 2.05) is 0 Å². The molecule has 1 aliphatic heterocycles. The van der Waals surface area contributed by atoms with Crippen LogP contribution < -0.4 is 0 Å². The van der Waals surface area contributed by atoms with Gasteiger partial charge in [0, 0.05) is 17.5 Å². The number of alkyl halides is 6. The van der Waals surface area contributed by atoms with Crippen LogP contribution in [-0.4, -0.2) is 37.6 Å². The van der Waals surface area contributed by atoms with Crippen LogP contribution in [0.5, 0.6) is 0 Å². The second kappa shape index (κ2) is 10.1. The van der Waals surface area contributed by atoms with Gasteiger partial charge in [0.1, 0.15) is 5.82 Å². The van der Waals surface area contributed by atoms with Gasteiger partial charge in [0.2, 0.25) is 0 Å². The van der Waals surface area contributed by atoms with Crippen LogP contribution in [0.1, 0.15) is 54.0 Å². The molecule has 12 heteroatoms. The molecule has 1 N–H and O–H groups in total. The molecule has 4 aromatic rings. The molecule has 6 nitrogen and oxygen atoms in total. The number of hydrogen-bond donors (Lipinski definition) is 1. The zero-order valence-corrected chi connectivity index (χ0v) is 21.1. The first-order valence-electron chi connectivity index (χ1n) is 12.4. The van der Waals surface area contributed by atoms with Crippen LogP contribution in [-0.2, 0) is 18.9 Å². The predicted molar refractivity (Wildman–Crippen MR) is 130 cm³/mol. The summed E-state index contributed by atoms with van der Waals surface area (Å²) >= 11 is 0. The monoisotopic (exact) mass is 549 g/mol. The Bertz CT molecular complexity index is 1460. The Morgan fingerprint density at radius 1 is 1.03 bits per heavy atom. The van der Waals surface area contributed by atoms with Gasteiger partial charge in [-0.1, -0.05) is 17.3 Å². The van der Waals surface area contributed by atoms with Crippen molar-refractivity contribution in [1.29, 1.82) is 0 Å². The highest BCUT2D eigenvalue weighted by Crippen LogP contribution is 2.36. The molecule has 0 spiro atoms. The number of likely N-dealkylation sites (tertiary alicyclic amines) is 1. The van der Waals surface area contributed by atoms with Crippen LogP contribution in [0.25, 0.3) is 22.7 Å². The smallest absolute Gasteiger partial charge is 0.342 e. The number of halogens is 6. The van der Waals surface area contributed by atoms with E-state index in [0.29, 0.717) is 30.2 Å². The second-order valence-electron chi connectivity index (χ2n) is 9.84. The zero-order chi connectivity index (χ0) is 27.9. The molecule has 1 saturated heterocycles. The van der Waals surface area contributed by atoms with Gasteiger partial charge < -0.3 is 9.51 Å². The van der Waals surface area contributed by atoms with Gasteiger partial charge in [-0.3, -0.25) is 4.90 Å². The van der Waals surface area contributed by atoms with Crippen molar-refractivity contribution in [2.75, 3.05) is 6.54 Å². The fraction of sp³-hybridized carbons (Fsp3) is 0.370. The molecule has 2 atom stereocenters. The number of benzene rings is 2. The average molecular weight is 550 g/mol. The average Bonchev–Trinajstić information content (AvgIpc) is 3.54. The Kier molecular flexibility index (Phi) is 7.00. The van der Waals surface area contributed by atoms with Crippen molar-refractivity contribution in [3.05, 3.63) is 77.0 Å². The summed E-state index contributed by atoms with van der Waals surface area (Å²) < 4.78 is 83.6. The normalized spacial score (nSPS) is 19.0. The summed E-state index contributed by atoms with van der Waals surface area (Å²) in [5.74, 6) is 1.32. The van der Waals surface area contributed by atoms with E-state index in [9.17, 15) is 26.3 Å². The van der Waals surface area contributed by atoms with Gasteiger partial charge in [-0.25, -0.2) is 4.98 Å². The maximum absolute atomic E-state index is 13.1.